The van der Waals surface area contributed by atoms with Crippen LogP contribution in [-0.4, -0.2) is 43.8 Å². The number of morpholine rings is 1. The van der Waals surface area contributed by atoms with E-state index in [-0.39, 0.29) is 12.1 Å². The van der Waals surface area contributed by atoms with Crippen molar-refractivity contribution in [2.75, 3.05) is 32.1 Å². The lowest BCUT2D eigenvalue weighted by Crippen LogP contribution is -2.52. The first-order valence-electron chi connectivity index (χ1n) is 10.1. The summed E-state index contributed by atoms with van der Waals surface area (Å²) in [6.07, 6.45) is 1.88. The molecular weight excluding hydrogens is 368 g/mol. The number of nitrogens with zero attached hydrogens (tertiary/aromatic N) is 1. The smallest absolute Gasteiger partial charge is 0.322 e. The van der Waals surface area contributed by atoms with Crippen LogP contribution in [0.5, 0.6) is 11.5 Å². The molecule has 1 atom stereocenters. The molecule has 1 heterocycles. The second-order valence-corrected chi connectivity index (χ2v) is 7.88. The van der Waals surface area contributed by atoms with Gasteiger partial charge in [-0.1, -0.05) is 24.3 Å². The number of amides is 2. The van der Waals surface area contributed by atoms with E-state index in [4.69, 9.17) is 14.2 Å². The maximum Gasteiger partial charge on any atom is 0.322 e. The molecule has 4 rings (SSSR count). The molecule has 1 fully saturated rings. The van der Waals surface area contributed by atoms with Crippen LogP contribution in [0.2, 0.25) is 0 Å². The zero-order chi connectivity index (χ0) is 20.4. The Hall–Kier alpha value is -2.73. The number of anilines is 1. The molecule has 1 aliphatic heterocycles. The Bertz CT molecular complexity index is 894. The van der Waals surface area contributed by atoms with Gasteiger partial charge in [0, 0.05) is 12.6 Å². The number of aryl methyl sites for hydroxylation is 1. The average molecular weight is 396 g/mol. The van der Waals surface area contributed by atoms with E-state index >= 15 is 0 Å². The van der Waals surface area contributed by atoms with Gasteiger partial charge in [0.05, 0.1) is 32.1 Å². The van der Waals surface area contributed by atoms with Crippen molar-refractivity contribution in [1.82, 2.24) is 4.90 Å². The van der Waals surface area contributed by atoms with E-state index in [0.29, 0.717) is 36.9 Å². The molecule has 6 nitrogen and oxygen atoms in total. The van der Waals surface area contributed by atoms with Gasteiger partial charge in [0.1, 0.15) is 17.1 Å². The molecule has 154 valence electrons. The van der Waals surface area contributed by atoms with Gasteiger partial charge >= 0.3 is 6.03 Å². The topological polar surface area (TPSA) is 60.0 Å². The van der Waals surface area contributed by atoms with Crippen LogP contribution in [0.25, 0.3) is 0 Å². The van der Waals surface area contributed by atoms with Crippen LogP contribution >= 0.6 is 0 Å². The molecule has 1 aliphatic carbocycles. The SMILES string of the molecule is COc1ccc(OC(C)C)c(NC(=O)N2CCOC3(CCc4ccccc43)C2)c1. The predicted molar refractivity (Wildman–Crippen MR) is 112 cm³/mol. The lowest BCUT2D eigenvalue weighted by molar-refractivity contribution is -0.100. The normalized spacial score (nSPS) is 20.6. The minimum absolute atomic E-state index is 0.000642. The van der Waals surface area contributed by atoms with Crippen LogP contribution < -0.4 is 14.8 Å². The van der Waals surface area contributed by atoms with E-state index in [1.807, 2.05) is 36.9 Å². The Morgan fingerprint density at radius 2 is 2.07 bits per heavy atom. The van der Waals surface area contributed by atoms with E-state index in [1.165, 1.54) is 11.1 Å². The second kappa shape index (κ2) is 7.95. The maximum absolute atomic E-state index is 13.1. The fraction of sp³-hybridized carbons (Fsp3) is 0.435. The van der Waals surface area contributed by atoms with Crippen LogP contribution in [-0.2, 0) is 16.8 Å². The lowest BCUT2D eigenvalue weighted by Gasteiger charge is -2.41. The molecule has 2 aromatic carbocycles. The number of fused-ring (bicyclic) bond motifs is 2. The highest BCUT2D eigenvalue weighted by atomic mass is 16.5. The first-order chi connectivity index (χ1) is 14.0. The molecule has 1 N–H and O–H groups in total. The van der Waals surface area contributed by atoms with Gasteiger partial charge in [0.15, 0.2) is 0 Å². The van der Waals surface area contributed by atoms with E-state index in [1.54, 1.807) is 13.2 Å². The Labute approximate surface area is 171 Å². The number of urea groups is 1. The van der Waals surface area contributed by atoms with Crippen LogP contribution in [0.3, 0.4) is 0 Å². The van der Waals surface area contributed by atoms with Crippen molar-refractivity contribution in [1.29, 1.82) is 0 Å². The third-order valence-corrected chi connectivity index (χ3v) is 5.57. The summed E-state index contributed by atoms with van der Waals surface area (Å²) in [5.74, 6) is 1.29. The van der Waals surface area contributed by atoms with Crippen LogP contribution in [0, 0.1) is 0 Å². The molecule has 1 spiro atoms. The molecule has 29 heavy (non-hydrogen) atoms. The minimum atomic E-state index is -0.405. The van der Waals surface area contributed by atoms with Gasteiger partial charge in [-0.15, -0.1) is 0 Å². The number of methoxy groups -OCH3 is 1. The molecule has 0 saturated carbocycles. The Morgan fingerprint density at radius 1 is 1.24 bits per heavy atom. The van der Waals surface area contributed by atoms with E-state index in [0.717, 1.165) is 12.8 Å². The first-order valence-corrected chi connectivity index (χ1v) is 10.1. The highest BCUT2D eigenvalue weighted by molar-refractivity contribution is 5.91. The summed E-state index contributed by atoms with van der Waals surface area (Å²) in [7, 11) is 1.60. The van der Waals surface area contributed by atoms with E-state index in [9.17, 15) is 4.79 Å². The molecule has 2 aromatic rings. The number of rotatable bonds is 4. The minimum Gasteiger partial charge on any atom is -0.497 e. The Balaban J connectivity index is 1.54. The summed E-state index contributed by atoms with van der Waals surface area (Å²) < 4.78 is 17.4. The van der Waals surface area contributed by atoms with Crippen molar-refractivity contribution < 1.29 is 19.0 Å². The number of benzene rings is 2. The van der Waals surface area contributed by atoms with Gasteiger partial charge in [-0.2, -0.15) is 0 Å². The Kier molecular flexibility index (Phi) is 5.37. The van der Waals surface area contributed by atoms with Crippen molar-refractivity contribution in [3.63, 3.8) is 0 Å². The quantitative estimate of drug-likeness (QED) is 0.842. The van der Waals surface area contributed by atoms with Crippen LogP contribution in [0.4, 0.5) is 10.5 Å². The number of ether oxygens (including phenoxy) is 3. The summed E-state index contributed by atoms with van der Waals surface area (Å²) in [5, 5.41) is 3.02. The lowest BCUT2D eigenvalue weighted by atomic mass is 9.94. The largest absolute Gasteiger partial charge is 0.497 e. The molecule has 0 radical (unpaired) electrons. The van der Waals surface area contributed by atoms with E-state index < -0.39 is 5.60 Å². The second-order valence-electron chi connectivity index (χ2n) is 7.88. The number of nitrogens with one attached hydrogen (secondary N) is 1. The van der Waals surface area contributed by atoms with Crippen molar-refractivity contribution >= 4 is 11.7 Å². The third-order valence-electron chi connectivity index (χ3n) is 5.57. The number of hydrogen-bond donors (Lipinski definition) is 1. The van der Waals surface area contributed by atoms with Gasteiger partial charge in [-0.05, 0) is 49.9 Å². The summed E-state index contributed by atoms with van der Waals surface area (Å²) in [6, 6.07) is 13.7. The molecule has 1 saturated heterocycles. The van der Waals surface area contributed by atoms with Gasteiger partial charge in [0.2, 0.25) is 0 Å². The zero-order valence-corrected chi connectivity index (χ0v) is 17.2. The summed E-state index contributed by atoms with van der Waals surface area (Å²) in [5.41, 5.74) is 2.73. The number of carbonyl (C=O) groups is 1. The van der Waals surface area contributed by atoms with Crippen molar-refractivity contribution in [2.24, 2.45) is 0 Å². The summed E-state index contributed by atoms with van der Waals surface area (Å²) >= 11 is 0. The molecule has 2 amide bonds. The fourth-order valence-electron chi connectivity index (χ4n) is 4.21. The molecule has 0 bridgehead atoms. The number of carbonyl (C=O) groups excluding carboxylic acids is 1. The predicted octanol–water partition coefficient (Wildman–Crippen LogP) is 4.19. The van der Waals surface area contributed by atoms with E-state index in [2.05, 4.69) is 23.5 Å². The van der Waals surface area contributed by atoms with Gasteiger partial charge in [0.25, 0.3) is 0 Å². The molecular formula is C23H28N2O4. The molecule has 0 aromatic heterocycles. The van der Waals surface area contributed by atoms with Gasteiger partial charge in [-0.25, -0.2) is 4.79 Å². The number of hydrogen-bond acceptors (Lipinski definition) is 4. The zero-order valence-electron chi connectivity index (χ0n) is 17.2. The molecule has 1 unspecified atom stereocenters. The highest BCUT2D eigenvalue weighted by Gasteiger charge is 2.44. The fourth-order valence-corrected chi connectivity index (χ4v) is 4.21. The van der Waals surface area contributed by atoms with Gasteiger partial charge < -0.3 is 24.4 Å². The molecule has 2 aliphatic rings. The Morgan fingerprint density at radius 3 is 2.86 bits per heavy atom. The highest BCUT2D eigenvalue weighted by Crippen LogP contribution is 2.42. The molecule has 6 heteroatoms. The van der Waals surface area contributed by atoms with Crippen molar-refractivity contribution in [3.8, 4) is 11.5 Å². The monoisotopic (exact) mass is 396 g/mol. The summed E-state index contributed by atoms with van der Waals surface area (Å²) in [4.78, 5) is 15.0. The van der Waals surface area contributed by atoms with Crippen LogP contribution in [0.1, 0.15) is 31.4 Å². The third kappa shape index (κ3) is 3.90. The standard InChI is InChI=1S/C23H28N2O4/c1-16(2)29-21-9-8-18(27-3)14-20(21)24-22(26)25-12-13-28-23(15-25)11-10-17-6-4-5-7-19(17)23/h4-9,14,16H,10-13,15H2,1-3H3,(H,24,26). The van der Waals surface area contributed by atoms with Gasteiger partial charge in [-0.3, -0.25) is 0 Å². The van der Waals surface area contributed by atoms with Crippen molar-refractivity contribution in [2.45, 2.75) is 38.4 Å². The maximum atomic E-state index is 13.1. The summed E-state index contributed by atoms with van der Waals surface area (Å²) in [6.45, 7) is 5.54. The average Bonchev–Trinajstić information content (AvgIpc) is 3.07. The van der Waals surface area contributed by atoms with Crippen molar-refractivity contribution in [3.05, 3.63) is 53.6 Å². The first kappa shape index (κ1) is 19.6. The van der Waals surface area contributed by atoms with Crippen LogP contribution in [0.15, 0.2) is 42.5 Å².